The van der Waals surface area contributed by atoms with Gasteiger partial charge in [-0.1, -0.05) is 6.07 Å². The lowest BCUT2D eigenvalue weighted by atomic mass is 10.1. The number of fused-ring (bicyclic) bond motifs is 1. The highest BCUT2D eigenvalue weighted by atomic mass is 31.2. The lowest BCUT2D eigenvalue weighted by molar-refractivity contribution is -0.139. The minimum atomic E-state index is -4.83. The van der Waals surface area contributed by atoms with Crippen LogP contribution in [0.4, 0.5) is 42.0 Å². The fourth-order valence-corrected chi connectivity index (χ4v) is 7.29. The van der Waals surface area contributed by atoms with Crippen molar-refractivity contribution in [3.05, 3.63) is 53.9 Å². The maximum atomic E-state index is 14.2. The van der Waals surface area contributed by atoms with Crippen molar-refractivity contribution in [3.8, 4) is 11.6 Å². The first-order valence-corrected chi connectivity index (χ1v) is 17.0. The molecule has 1 atom stereocenters. The van der Waals surface area contributed by atoms with Gasteiger partial charge in [0.15, 0.2) is 0 Å². The Morgan fingerprint density at radius 2 is 1.86 bits per heavy atom. The summed E-state index contributed by atoms with van der Waals surface area (Å²) in [6, 6.07) is 7.18. The first-order chi connectivity index (χ1) is 23.3. The number of rotatable bonds is 13. The molecule has 0 saturated carbocycles. The summed E-state index contributed by atoms with van der Waals surface area (Å²) in [6.07, 6.45) is -2.59. The summed E-state index contributed by atoms with van der Waals surface area (Å²) in [5.41, 5.74) is 0.495. The Morgan fingerprint density at radius 3 is 2.51 bits per heavy atom. The fourth-order valence-electron chi connectivity index (χ4n) is 5.60. The Bertz CT molecular complexity index is 1880. The first kappa shape index (κ1) is 35.7. The summed E-state index contributed by atoms with van der Waals surface area (Å²) >= 11 is 0. The number of hydrogen-bond donors (Lipinski definition) is 5. The second kappa shape index (κ2) is 14.5. The van der Waals surface area contributed by atoms with Gasteiger partial charge in [0.05, 0.1) is 43.2 Å². The maximum Gasteiger partial charge on any atom is 0.421 e. The average Bonchev–Trinajstić information content (AvgIpc) is 3.35. The lowest BCUT2D eigenvalue weighted by Gasteiger charge is -2.34. The molecule has 1 unspecified atom stereocenters. The van der Waals surface area contributed by atoms with E-state index in [9.17, 15) is 32.7 Å². The number of piperazine rings is 1. The third-order valence-corrected chi connectivity index (χ3v) is 9.86. The molecule has 0 aliphatic carbocycles. The number of carboxylic acids is 1. The van der Waals surface area contributed by atoms with Gasteiger partial charge in [0.2, 0.25) is 11.8 Å². The van der Waals surface area contributed by atoms with Crippen molar-refractivity contribution in [2.75, 3.05) is 55.5 Å². The van der Waals surface area contributed by atoms with Gasteiger partial charge < -0.3 is 49.4 Å². The zero-order chi connectivity index (χ0) is 35.5. The van der Waals surface area contributed by atoms with Gasteiger partial charge in [-0.3, -0.25) is 9.36 Å². The predicted molar refractivity (Wildman–Crippen MR) is 177 cm³/mol. The maximum absolute atomic E-state index is 14.2. The van der Waals surface area contributed by atoms with Crippen LogP contribution in [0.2, 0.25) is 0 Å². The van der Waals surface area contributed by atoms with Crippen molar-refractivity contribution in [1.82, 2.24) is 19.9 Å². The number of aliphatic carboxylic acids is 1. The molecule has 1 saturated heterocycles. The molecule has 1 fully saturated rings. The zero-order valence-corrected chi connectivity index (χ0v) is 28.1. The number of alkyl halides is 3. The number of aromatic hydroxyl groups is 1. The predicted octanol–water partition coefficient (Wildman–Crippen LogP) is 5.82. The number of hydrogen-bond acceptors (Lipinski definition) is 12. The summed E-state index contributed by atoms with van der Waals surface area (Å²) in [5.74, 6) is -1.72. The number of carboxylic acid groups (broad SMARTS) is 1. The number of halogens is 3. The Kier molecular flexibility index (Phi) is 10.6. The molecule has 4 aromatic rings. The molecule has 1 aliphatic heterocycles. The third kappa shape index (κ3) is 7.85. The van der Waals surface area contributed by atoms with Crippen molar-refractivity contribution in [1.29, 1.82) is 0 Å². The highest BCUT2D eigenvalue weighted by Gasteiger charge is 2.36. The van der Waals surface area contributed by atoms with Crippen LogP contribution in [-0.4, -0.2) is 76.7 Å². The van der Waals surface area contributed by atoms with E-state index in [0.29, 0.717) is 41.6 Å². The minimum absolute atomic E-state index is 0.0233. The van der Waals surface area contributed by atoms with E-state index in [4.69, 9.17) is 13.8 Å². The molecule has 0 spiro atoms. The second-order valence-electron chi connectivity index (χ2n) is 11.1. The van der Waals surface area contributed by atoms with Crippen LogP contribution in [0.25, 0.3) is 10.8 Å². The van der Waals surface area contributed by atoms with E-state index < -0.39 is 37.2 Å². The number of aromatic nitrogens is 3. The van der Waals surface area contributed by atoms with Crippen LogP contribution in [0, 0.1) is 0 Å². The van der Waals surface area contributed by atoms with E-state index in [1.807, 2.05) is 4.90 Å². The van der Waals surface area contributed by atoms with Gasteiger partial charge in [-0.25, -0.2) is 4.98 Å². The highest BCUT2D eigenvalue weighted by molar-refractivity contribution is 7.53. The zero-order valence-electron chi connectivity index (χ0n) is 27.2. The number of carbonyl (C=O) groups is 1. The molecule has 14 nitrogen and oxygen atoms in total. The van der Waals surface area contributed by atoms with Gasteiger partial charge in [-0.2, -0.15) is 18.2 Å². The normalized spacial score (nSPS) is 15.4. The van der Waals surface area contributed by atoms with Gasteiger partial charge >= 0.3 is 19.7 Å². The molecule has 49 heavy (non-hydrogen) atoms. The average molecular weight is 708 g/mol. The number of aryl methyl sites for hydroxylation is 1. The van der Waals surface area contributed by atoms with E-state index in [-0.39, 0.29) is 54.6 Å². The van der Waals surface area contributed by atoms with Crippen molar-refractivity contribution in [2.24, 2.45) is 7.05 Å². The second-order valence-corrected chi connectivity index (χ2v) is 13.2. The van der Waals surface area contributed by atoms with E-state index in [2.05, 4.69) is 25.9 Å². The Hall–Kier alpha value is -4.57. The highest BCUT2D eigenvalue weighted by Crippen LogP contribution is 2.52. The van der Waals surface area contributed by atoms with Crippen LogP contribution in [-0.2, 0) is 37.8 Å². The van der Waals surface area contributed by atoms with E-state index in [1.165, 1.54) is 17.7 Å². The monoisotopic (exact) mass is 707 g/mol. The smallest absolute Gasteiger partial charge is 0.421 e. The molecular weight excluding hydrogens is 670 g/mol. The number of nitrogens with zero attached hydrogens (tertiary/aromatic N) is 4. The summed E-state index contributed by atoms with van der Waals surface area (Å²) in [6.45, 7) is 4.82. The van der Waals surface area contributed by atoms with Crippen LogP contribution in [0.3, 0.4) is 0 Å². The number of nitrogens with one attached hydrogen (secondary N) is 3. The Labute approximate surface area is 279 Å². The quantitative estimate of drug-likeness (QED) is 0.105. The SMILES string of the molecule is CCOP(=O)(Cc1ccc(Nc2ncc(C(F)(F)F)c(Nc3ccc(N4CCNC(C(=O)O)C4)c4cn(C)c(O)c34)n2)c(OC)c1)OCC. The molecule has 2 aromatic heterocycles. The van der Waals surface area contributed by atoms with Gasteiger partial charge in [0, 0.05) is 50.1 Å². The van der Waals surface area contributed by atoms with Crippen LogP contribution in [0.15, 0.2) is 42.7 Å². The molecule has 3 heterocycles. The number of ether oxygens (including phenoxy) is 1. The van der Waals surface area contributed by atoms with E-state index in [1.54, 1.807) is 51.4 Å². The first-order valence-electron chi connectivity index (χ1n) is 15.3. The van der Waals surface area contributed by atoms with E-state index in [0.717, 1.165) is 0 Å². The third-order valence-electron chi connectivity index (χ3n) is 7.80. The summed E-state index contributed by atoms with van der Waals surface area (Å²) in [5, 5.41) is 29.8. The van der Waals surface area contributed by atoms with Gasteiger partial charge in [0.1, 0.15) is 23.2 Å². The summed E-state index contributed by atoms with van der Waals surface area (Å²) in [4.78, 5) is 21.5. The minimum Gasteiger partial charge on any atom is -0.495 e. The molecule has 1 aliphatic rings. The molecule has 18 heteroatoms. The molecule has 5 rings (SSSR count). The standard InChI is InChI=1S/C31H37F3N7O7P/c1-5-47-49(45,48-6-2)17-18-7-8-21(25(13-18)46-4)38-30-36-14-20(31(32,33)34)27(39-30)37-22-9-10-24(19-15-40(3)28(42)26(19)22)41-12-11-35-23(16-41)29(43)44/h7-10,13-15,23,35,42H,5-6,11-12,16-17H2,1-4H3,(H,43,44)(H2,36,37,38,39). The topological polar surface area (TPSA) is 172 Å². The van der Waals surface area contributed by atoms with E-state index >= 15 is 0 Å². The van der Waals surface area contributed by atoms with Crippen LogP contribution >= 0.6 is 7.60 Å². The molecular formula is C31H37F3N7O7P. The number of methoxy groups -OCH3 is 1. The lowest BCUT2D eigenvalue weighted by Crippen LogP contribution is -2.54. The molecule has 0 amide bonds. The van der Waals surface area contributed by atoms with Crippen molar-refractivity contribution < 1.29 is 46.5 Å². The summed E-state index contributed by atoms with van der Waals surface area (Å²) in [7, 11) is -0.432. The van der Waals surface area contributed by atoms with Crippen molar-refractivity contribution in [2.45, 2.75) is 32.2 Å². The Balaban J connectivity index is 1.48. The molecule has 0 bridgehead atoms. The van der Waals surface area contributed by atoms with Crippen molar-refractivity contribution >= 4 is 53.2 Å². The van der Waals surface area contributed by atoms with Gasteiger partial charge in [-0.15, -0.1) is 0 Å². The van der Waals surface area contributed by atoms with Gasteiger partial charge in [0.25, 0.3) is 0 Å². The van der Waals surface area contributed by atoms with Crippen LogP contribution < -0.4 is 25.6 Å². The Morgan fingerprint density at radius 1 is 1.14 bits per heavy atom. The molecule has 0 radical (unpaired) electrons. The number of benzene rings is 2. The largest absolute Gasteiger partial charge is 0.495 e. The fraction of sp³-hybridized carbons (Fsp3) is 0.387. The molecule has 5 N–H and O–H groups in total. The number of anilines is 5. The van der Waals surface area contributed by atoms with Crippen LogP contribution in [0.1, 0.15) is 25.0 Å². The van der Waals surface area contributed by atoms with Crippen LogP contribution in [0.5, 0.6) is 11.6 Å². The van der Waals surface area contributed by atoms with Gasteiger partial charge in [-0.05, 0) is 43.7 Å². The molecule has 264 valence electrons. The summed E-state index contributed by atoms with van der Waals surface area (Å²) < 4.78 is 73.3. The van der Waals surface area contributed by atoms with Crippen molar-refractivity contribution in [3.63, 3.8) is 0 Å². The molecule has 2 aromatic carbocycles.